The average molecular weight is 342 g/mol. The zero-order valence-corrected chi connectivity index (χ0v) is 13.6. The molecule has 0 heterocycles. The Morgan fingerprint density at radius 1 is 0.577 bits per heavy atom. The number of benzene rings is 3. The molecule has 126 valence electrons. The highest BCUT2D eigenvalue weighted by Crippen LogP contribution is 2.57. The molecule has 3 aliphatic rings. The predicted molar refractivity (Wildman–Crippen MR) is 95.1 cm³/mol. The quantitative estimate of drug-likeness (QED) is 0.507. The molecule has 4 nitrogen and oxygen atoms in total. The molecular formula is C22H14O4. The lowest BCUT2D eigenvalue weighted by molar-refractivity contribution is 0.0683. The summed E-state index contributed by atoms with van der Waals surface area (Å²) in [6, 6.07) is 18.5. The maximum Gasteiger partial charge on any atom is 0.336 e. The zero-order valence-electron chi connectivity index (χ0n) is 13.6. The molecule has 0 saturated carbocycles. The smallest absolute Gasteiger partial charge is 0.336 e. The summed E-state index contributed by atoms with van der Waals surface area (Å²) in [6.07, 6.45) is 0. The van der Waals surface area contributed by atoms with Gasteiger partial charge in [0.2, 0.25) is 0 Å². The summed E-state index contributed by atoms with van der Waals surface area (Å²) >= 11 is 0. The fraction of sp³-hybridized carbons (Fsp3) is 0.0909. The van der Waals surface area contributed by atoms with E-state index in [1.54, 1.807) is 24.3 Å². The standard InChI is InChI=1S/C22H14O4/c23-21(24)15-9-4-8-14-18-12-6-2-1-5-11(12)17(19(14)15)13-7-3-10-16(20(13)18)22(25)26/h1-10,17-18H,(H,23,24)(H,25,26)/t17-,18-/m0/s1. The first kappa shape index (κ1) is 14.9. The summed E-state index contributed by atoms with van der Waals surface area (Å²) < 4.78 is 0. The van der Waals surface area contributed by atoms with Gasteiger partial charge < -0.3 is 10.2 Å². The SMILES string of the molecule is O=C(O)c1cccc2c1[C@H]1c3ccccc3[C@@H]2c2c(C(=O)O)cccc21. The Morgan fingerprint density at radius 2 is 0.962 bits per heavy atom. The third kappa shape index (κ3) is 1.73. The first-order valence-corrected chi connectivity index (χ1v) is 8.40. The maximum absolute atomic E-state index is 11.9. The second kappa shape index (κ2) is 5.05. The van der Waals surface area contributed by atoms with Gasteiger partial charge in [0.15, 0.2) is 0 Å². The van der Waals surface area contributed by atoms with E-state index < -0.39 is 11.9 Å². The van der Waals surface area contributed by atoms with Gasteiger partial charge >= 0.3 is 11.9 Å². The Balaban J connectivity index is 1.93. The Bertz CT molecular complexity index is 1020. The summed E-state index contributed by atoms with van der Waals surface area (Å²) in [7, 11) is 0. The number of rotatable bonds is 2. The normalized spacial score (nSPS) is 18.6. The molecular weight excluding hydrogens is 328 g/mol. The molecule has 4 heteroatoms. The molecule has 2 atom stereocenters. The van der Waals surface area contributed by atoms with Gasteiger partial charge in [0, 0.05) is 11.8 Å². The highest BCUT2D eigenvalue weighted by atomic mass is 16.4. The van der Waals surface area contributed by atoms with Crippen LogP contribution in [0.2, 0.25) is 0 Å². The minimum atomic E-state index is -0.956. The van der Waals surface area contributed by atoms with Crippen molar-refractivity contribution in [1.82, 2.24) is 0 Å². The lowest BCUT2D eigenvalue weighted by atomic mass is 9.59. The van der Waals surface area contributed by atoms with E-state index in [0.29, 0.717) is 11.1 Å². The van der Waals surface area contributed by atoms with Crippen molar-refractivity contribution in [1.29, 1.82) is 0 Å². The highest BCUT2D eigenvalue weighted by Gasteiger charge is 2.44. The first-order chi connectivity index (χ1) is 12.6. The van der Waals surface area contributed by atoms with Crippen LogP contribution in [0.5, 0.6) is 0 Å². The Labute approximate surface area is 149 Å². The average Bonchev–Trinajstić information content (AvgIpc) is 2.66. The minimum absolute atomic E-state index is 0.257. The van der Waals surface area contributed by atoms with Crippen molar-refractivity contribution in [2.75, 3.05) is 0 Å². The third-order valence-corrected chi connectivity index (χ3v) is 5.56. The molecule has 3 aromatic rings. The number of aromatic carboxylic acids is 2. The molecule has 26 heavy (non-hydrogen) atoms. The van der Waals surface area contributed by atoms with Gasteiger partial charge in [0.1, 0.15) is 0 Å². The van der Waals surface area contributed by atoms with E-state index in [4.69, 9.17) is 0 Å². The van der Waals surface area contributed by atoms with Gasteiger partial charge in [-0.25, -0.2) is 9.59 Å². The van der Waals surface area contributed by atoms with E-state index in [1.807, 2.05) is 36.4 Å². The van der Waals surface area contributed by atoms with Crippen molar-refractivity contribution in [3.8, 4) is 0 Å². The summed E-state index contributed by atoms with van der Waals surface area (Å²) in [5.41, 5.74) is 6.08. The molecule has 2 N–H and O–H groups in total. The van der Waals surface area contributed by atoms with Crippen molar-refractivity contribution in [2.24, 2.45) is 0 Å². The van der Waals surface area contributed by atoms with Crippen LogP contribution in [-0.2, 0) is 0 Å². The molecule has 6 rings (SSSR count). The van der Waals surface area contributed by atoms with Crippen LogP contribution in [-0.4, -0.2) is 22.2 Å². The van der Waals surface area contributed by atoms with Gasteiger partial charge in [-0.05, 0) is 45.5 Å². The van der Waals surface area contributed by atoms with Crippen LogP contribution in [0.15, 0.2) is 60.7 Å². The predicted octanol–water partition coefficient (Wildman–Crippen LogP) is 4.07. The maximum atomic E-state index is 11.9. The van der Waals surface area contributed by atoms with E-state index >= 15 is 0 Å². The largest absolute Gasteiger partial charge is 0.478 e. The Hall–Kier alpha value is -3.40. The Kier molecular flexibility index (Phi) is 2.89. The van der Waals surface area contributed by atoms with Crippen LogP contribution in [0.25, 0.3) is 0 Å². The van der Waals surface area contributed by atoms with Crippen molar-refractivity contribution >= 4 is 11.9 Å². The molecule has 0 spiro atoms. The zero-order chi connectivity index (χ0) is 18.0. The van der Waals surface area contributed by atoms with Crippen LogP contribution < -0.4 is 0 Å². The lowest BCUT2D eigenvalue weighted by Gasteiger charge is -2.43. The van der Waals surface area contributed by atoms with Crippen molar-refractivity contribution in [2.45, 2.75) is 11.8 Å². The van der Waals surface area contributed by atoms with Crippen LogP contribution in [0, 0.1) is 0 Å². The molecule has 0 amide bonds. The number of carboxylic acid groups (broad SMARTS) is 2. The van der Waals surface area contributed by atoms with Gasteiger partial charge in [0.05, 0.1) is 11.1 Å². The van der Waals surface area contributed by atoms with E-state index in [1.165, 1.54) is 0 Å². The van der Waals surface area contributed by atoms with E-state index in [9.17, 15) is 19.8 Å². The minimum Gasteiger partial charge on any atom is -0.478 e. The van der Waals surface area contributed by atoms with E-state index in [0.717, 1.165) is 33.4 Å². The van der Waals surface area contributed by atoms with Gasteiger partial charge in [-0.1, -0.05) is 48.5 Å². The van der Waals surface area contributed by atoms with Gasteiger partial charge in [-0.15, -0.1) is 0 Å². The second-order valence-corrected chi connectivity index (χ2v) is 6.72. The molecule has 0 aromatic heterocycles. The fourth-order valence-electron chi connectivity index (χ4n) is 4.68. The van der Waals surface area contributed by atoms with Crippen molar-refractivity contribution in [3.05, 3.63) is 105 Å². The molecule has 0 saturated heterocycles. The summed E-state index contributed by atoms with van der Waals surface area (Å²) in [5, 5.41) is 19.4. The van der Waals surface area contributed by atoms with E-state index in [2.05, 4.69) is 0 Å². The van der Waals surface area contributed by atoms with Gasteiger partial charge in [0.25, 0.3) is 0 Å². The second-order valence-electron chi connectivity index (χ2n) is 6.72. The number of carbonyl (C=O) groups is 2. The van der Waals surface area contributed by atoms with Crippen LogP contribution in [0.3, 0.4) is 0 Å². The number of hydrogen-bond donors (Lipinski definition) is 2. The summed E-state index contributed by atoms with van der Waals surface area (Å²) in [4.78, 5) is 23.7. The van der Waals surface area contributed by atoms with Crippen molar-refractivity contribution in [3.63, 3.8) is 0 Å². The highest BCUT2D eigenvalue weighted by molar-refractivity contribution is 5.95. The molecule has 0 fully saturated rings. The van der Waals surface area contributed by atoms with Crippen LogP contribution in [0.4, 0.5) is 0 Å². The molecule has 0 unspecified atom stereocenters. The van der Waals surface area contributed by atoms with Crippen LogP contribution >= 0.6 is 0 Å². The molecule has 2 bridgehead atoms. The Morgan fingerprint density at radius 3 is 1.35 bits per heavy atom. The summed E-state index contributed by atoms with van der Waals surface area (Å²) in [6.45, 7) is 0. The fourth-order valence-corrected chi connectivity index (χ4v) is 4.68. The van der Waals surface area contributed by atoms with Gasteiger partial charge in [-0.2, -0.15) is 0 Å². The van der Waals surface area contributed by atoms with Gasteiger partial charge in [-0.3, -0.25) is 0 Å². The van der Waals surface area contributed by atoms with Crippen molar-refractivity contribution < 1.29 is 19.8 Å². The first-order valence-electron chi connectivity index (χ1n) is 8.40. The molecule has 0 aliphatic heterocycles. The van der Waals surface area contributed by atoms with E-state index in [-0.39, 0.29) is 11.8 Å². The molecule has 3 aliphatic carbocycles. The molecule has 0 radical (unpaired) electrons. The third-order valence-electron chi connectivity index (χ3n) is 5.56. The number of hydrogen-bond acceptors (Lipinski definition) is 2. The van der Waals surface area contributed by atoms with Crippen LogP contribution in [0.1, 0.15) is 65.9 Å². The molecule has 3 aromatic carbocycles. The lowest BCUT2D eigenvalue weighted by Crippen LogP contribution is -2.31. The topological polar surface area (TPSA) is 74.6 Å². The monoisotopic (exact) mass is 342 g/mol. The number of carboxylic acids is 2. The summed E-state index contributed by atoms with van der Waals surface area (Å²) in [5.74, 6) is -2.42.